The lowest BCUT2D eigenvalue weighted by Crippen LogP contribution is -2.29. The number of carbonyl (C=O) groups is 2. The van der Waals surface area contributed by atoms with Crippen LogP contribution >= 0.6 is 0 Å². The number of rotatable bonds is 5. The van der Waals surface area contributed by atoms with Crippen molar-refractivity contribution in [3.05, 3.63) is 96.1 Å². The van der Waals surface area contributed by atoms with Gasteiger partial charge in [0.15, 0.2) is 0 Å². The fourth-order valence-electron chi connectivity index (χ4n) is 4.13. The maximum Gasteiger partial charge on any atom is 0.266 e. The molecule has 4 aromatic rings. The average Bonchev–Trinajstić information content (AvgIpc) is 3.08. The maximum absolute atomic E-state index is 13.3. The van der Waals surface area contributed by atoms with E-state index in [1.54, 1.807) is 60.7 Å². The van der Waals surface area contributed by atoms with Crippen LogP contribution < -0.4 is 14.5 Å². The molecular formula is C26H21N3O4S. The molecule has 34 heavy (non-hydrogen) atoms. The van der Waals surface area contributed by atoms with Crippen molar-refractivity contribution in [2.45, 2.75) is 4.90 Å². The standard InChI is InChI=1S/C26H21N3O4S/c1-28(2)18-13-11-17(12-14-18)27-34(32,33)24-16-15-23(19-7-3-4-8-20(19)24)29-25(30)21-9-5-6-10-22(21)26(29)31/h3-16,27H,1-2H3. The number of anilines is 3. The molecule has 0 atom stereocenters. The number of hydrogen-bond donors (Lipinski definition) is 1. The van der Waals surface area contributed by atoms with Crippen molar-refractivity contribution in [1.82, 2.24) is 0 Å². The molecule has 4 aromatic carbocycles. The number of benzene rings is 4. The van der Waals surface area contributed by atoms with E-state index in [1.165, 1.54) is 12.1 Å². The number of amides is 2. The van der Waals surface area contributed by atoms with Gasteiger partial charge in [0.25, 0.3) is 21.8 Å². The number of nitrogens with zero attached hydrogens (tertiary/aromatic N) is 2. The molecule has 0 bridgehead atoms. The van der Waals surface area contributed by atoms with E-state index in [9.17, 15) is 18.0 Å². The fraction of sp³-hybridized carbons (Fsp3) is 0.0769. The van der Waals surface area contributed by atoms with Crippen molar-refractivity contribution >= 4 is 49.7 Å². The Balaban J connectivity index is 1.57. The molecule has 1 N–H and O–H groups in total. The Bertz CT molecular complexity index is 1530. The van der Waals surface area contributed by atoms with Gasteiger partial charge in [-0.2, -0.15) is 0 Å². The minimum absolute atomic E-state index is 0.0557. The normalized spacial score (nSPS) is 13.3. The summed E-state index contributed by atoms with van der Waals surface area (Å²) >= 11 is 0. The fourth-order valence-corrected chi connectivity index (χ4v) is 5.40. The Morgan fingerprint density at radius 2 is 1.26 bits per heavy atom. The van der Waals surface area contributed by atoms with Gasteiger partial charge in [-0.25, -0.2) is 13.3 Å². The van der Waals surface area contributed by atoms with Gasteiger partial charge in [0.1, 0.15) is 0 Å². The first kappa shape index (κ1) is 21.7. The molecule has 8 heteroatoms. The van der Waals surface area contributed by atoms with Crippen LogP contribution in [0.2, 0.25) is 0 Å². The summed E-state index contributed by atoms with van der Waals surface area (Å²) in [4.78, 5) is 29.1. The van der Waals surface area contributed by atoms with E-state index in [2.05, 4.69) is 4.72 Å². The monoisotopic (exact) mass is 471 g/mol. The lowest BCUT2D eigenvalue weighted by molar-refractivity contribution is 0.0926. The Hall–Kier alpha value is -4.17. The Morgan fingerprint density at radius 1 is 0.706 bits per heavy atom. The molecule has 1 aliphatic rings. The molecule has 0 spiro atoms. The van der Waals surface area contributed by atoms with Crippen LogP contribution in [0.25, 0.3) is 10.8 Å². The van der Waals surface area contributed by atoms with Crippen molar-refractivity contribution < 1.29 is 18.0 Å². The van der Waals surface area contributed by atoms with E-state index >= 15 is 0 Å². The molecule has 0 fully saturated rings. The first-order chi connectivity index (χ1) is 16.3. The lowest BCUT2D eigenvalue weighted by Gasteiger charge is -2.19. The van der Waals surface area contributed by atoms with Gasteiger partial charge in [0.2, 0.25) is 0 Å². The van der Waals surface area contributed by atoms with Crippen LogP contribution in [0.1, 0.15) is 20.7 Å². The van der Waals surface area contributed by atoms with Crippen molar-refractivity contribution in [3.63, 3.8) is 0 Å². The number of carbonyl (C=O) groups excluding carboxylic acids is 2. The highest BCUT2D eigenvalue weighted by Crippen LogP contribution is 2.36. The zero-order valence-corrected chi connectivity index (χ0v) is 19.3. The summed E-state index contributed by atoms with van der Waals surface area (Å²) in [6.45, 7) is 0. The van der Waals surface area contributed by atoms with Crippen LogP contribution in [0.5, 0.6) is 0 Å². The molecule has 0 radical (unpaired) electrons. The van der Waals surface area contributed by atoms with Crippen LogP contribution in [0.4, 0.5) is 17.1 Å². The van der Waals surface area contributed by atoms with E-state index in [0.29, 0.717) is 33.3 Å². The Kier molecular flexibility index (Phi) is 5.10. The predicted molar refractivity (Wildman–Crippen MR) is 133 cm³/mol. The number of hydrogen-bond acceptors (Lipinski definition) is 5. The molecular weight excluding hydrogens is 450 g/mol. The second-order valence-corrected chi connectivity index (χ2v) is 9.82. The van der Waals surface area contributed by atoms with E-state index in [1.807, 2.05) is 31.1 Å². The van der Waals surface area contributed by atoms with Gasteiger partial charge in [-0.15, -0.1) is 0 Å². The third kappa shape index (κ3) is 3.48. The number of fused-ring (bicyclic) bond motifs is 2. The second kappa shape index (κ2) is 8.00. The zero-order valence-electron chi connectivity index (χ0n) is 18.5. The quantitative estimate of drug-likeness (QED) is 0.433. The SMILES string of the molecule is CN(C)c1ccc(NS(=O)(=O)c2ccc(N3C(=O)c4ccccc4C3=O)c3ccccc23)cc1. The van der Waals surface area contributed by atoms with Gasteiger partial charge in [0, 0.05) is 36.2 Å². The molecule has 0 unspecified atom stereocenters. The smallest absolute Gasteiger partial charge is 0.266 e. The van der Waals surface area contributed by atoms with Gasteiger partial charge in [0.05, 0.1) is 21.7 Å². The minimum Gasteiger partial charge on any atom is -0.378 e. The summed E-state index contributed by atoms with van der Waals surface area (Å²) in [5.74, 6) is -0.860. The molecule has 7 nitrogen and oxygen atoms in total. The average molecular weight is 472 g/mol. The molecule has 2 amide bonds. The van der Waals surface area contributed by atoms with Crippen molar-refractivity contribution in [3.8, 4) is 0 Å². The summed E-state index contributed by atoms with van der Waals surface area (Å²) in [7, 11) is -0.138. The summed E-state index contributed by atoms with van der Waals surface area (Å²) < 4.78 is 29.2. The zero-order chi connectivity index (χ0) is 24.0. The highest BCUT2D eigenvalue weighted by atomic mass is 32.2. The van der Waals surface area contributed by atoms with E-state index < -0.39 is 21.8 Å². The summed E-state index contributed by atoms with van der Waals surface area (Å²) in [5.41, 5.74) is 2.38. The van der Waals surface area contributed by atoms with Crippen LogP contribution in [0, 0.1) is 0 Å². The number of imide groups is 1. The molecule has 0 saturated carbocycles. The van der Waals surface area contributed by atoms with E-state index in [4.69, 9.17) is 0 Å². The third-order valence-electron chi connectivity index (χ3n) is 5.82. The van der Waals surface area contributed by atoms with Crippen molar-refractivity contribution in [2.75, 3.05) is 28.6 Å². The molecule has 0 aliphatic carbocycles. The number of nitrogens with one attached hydrogen (secondary N) is 1. The second-order valence-electron chi connectivity index (χ2n) is 8.17. The van der Waals surface area contributed by atoms with Gasteiger partial charge in [-0.05, 0) is 48.5 Å². The van der Waals surface area contributed by atoms with Crippen LogP contribution in [0.15, 0.2) is 89.8 Å². The minimum atomic E-state index is -3.95. The molecule has 1 aliphatic heterocycles. The molecule has 0 aromatic heterocycles. The predicted octanol–water partition coefficient (Wildman–Crippen LogP) is 4.51. The summed E-state index contributed by atoms with van der Waals surface area (Å²) in [5, 5.41) is 0.900. The van der Waals surface area contributed by atoms with Crippen molar-refractivity contribution in [2.24, 2.45) is 0 Å². The Morgan fingerprint density at radius 3 is 1.85 bits per heavy atom. The lowest BCUT2D eigenvalue weighted by atomic mass is 10.1. The first-order valence-corrected chi connectivity index (χ1v) is 12.1. The van der Waals surface area contributed by atoms with E-state index in [-0.39, 0.29) is 4.90 Å². The largest absolute Gasteiger partial charge is 0.378 e. The van der Waals surface area contributed by atoms with E-state index in [0.717, 1.165) is 10.6 Å². The van der Waals surface area contributed by atoms with Crippen LogP contribution in [0.3, 0.4) is 0 Å². The Labute approximate surface area is 197 Å². The highest BCUT2D eigenvalue weighted by Gasteiger charge is 2.37. The van der Waals surface area contributed by atoms with Gasteiger partial charge >= 0.3 is 0 Å². The van der Waals surface area contributed by atoms with Crippen LogP contribution in [-0.2, 0) is 10.0 Å². The molecule has 0 saturated heterocycles. The van der Waals surface area contributed by atoms with Gasteiger partial charge < -0.3 is 4.90 Å². The maximum atomic E-state index is 13.3. The summed E-state index contributed by atoms with van der Waals surface area (Å²) in [6.07, 6.45) is 0. The third-order valence-corrected chi connectivity index (χ3v) is 7.26. The van der Waals surface area contributed by atoms with Crippen molar-refractivity contribution in [1.29, 1.82) is 0 Å². The summed E-state index contributed by atoms with van der Waals surface area (Å²) in [6, 6.07) is 23.5. The molecule has 1 heterocycles. The molecule has 5 rings (SSSR count). The topological polar surface area (TPSA) is 86.8 Å². The number of sulfonamides is 1. The first-order valence-electron chi connectivity index (χ1n) is 10.6. The highest BCUT2D eigenvalue weighted by molar-refractivity contribution is 7.93. The van der Waals surface area contributed by atoms with Crippen LogP contribution in [-0.4, -0.2) is 34.3 Å². The van der Waals surface area contributed by atoms with Gasteiger partial charge in [-0.1, -0.05) is 36.4 Å². The van der Waals surface area contributed by atoms with Gasteiger partial charge in [-0.3, -0.25) is 14.3 Å². The molecule has 170 valence electrons.